The molecule has 0 spiro atoms. The Morgan fingerprint density at radius 1 is 1.19 bits per heavy atom. The molecule has 0 bridgehead atoms. The number of methoxy groups -OCH3 is 1. The van der Waals surface area contributed by atoms with Crippen LogP contribution in [0.1, 0.15) is 12.5 Å². The first kappa shape index (κ1) is 17.5. The van der Waals surface area contributed by atoms with E-state index in [4.69, 9.17) is 4.74 Å². The standard InChI is InChI=1S/C19H18N2O5/c1-3-26-16-9-8-12-6-4-5-7-13(12)14(16)10-15-18(23)21(19(24)20-15)11-17(22)25-2/h4-10H,3,11H2,1-2H3,(H,20,24)/b15-10+. The Hall–Kier alpha value is -3.35. The van der Waals surface area contributed by atoms with Gasteiger partial charge in [-0.2, -0.15) is 0 Å². The molecule has 1 aliphatic heterocycles. The molecule has 1 aliphatic rings. The van der Waals surface area contributed by atoms with Crippen LogP contribution >= 0.6 is 0 Å². The van der Waals surface area contributed by atoms with E-state index in [1.54, 1.807) is 6.08 Å². The molecule has 0 aliphatic carbocycles. The quantitative estimate of drug-likeness (QED) is 0.506. The summed E-state index contributed by atoms with van der Waals surface area (Å²) >= 11 is 0. The first-order valence-corrected chi connectivity index (χ1v) is 8.11. The van der Waals surface area contributed by atoms with Gasteiger partial charge in [-0.1, -0.05) is 30.3 Å². The number of fused-ring (bicyclic) bond motifs is 1. The Balaban J connectivity index is 2.04. The van der Waals surface area contributed by atoms with Crippen LogP contribution in [-0.4, -0.2) is 43.1 Å². The van der Waals surface area contributed by atoms with Gasteiger partial charge in [0.05, 0.1) is 13.7 Å². The van der Waals surface area contributed by atoms with Gasteiger partial charge in [0, 0.05) is 5.56 Å². The summed E-state index contributed by atoms with van der Waals surface area (Å²) in [6.45, 7) is 1.89. The average Bonchev–Trinajstić information content (AvgIpc) is 2.91. The third-order valence-corrected chi connectivity index (χ3v) is 4.00. The molecule has 3 amide bonds. The number of nitrogens with zero attached hydrogens (tertiary/aromatic N) is 1. The van der Waals surface area contributed by atoms with E-state index >= 15 is 0 Å². The molecular formula is C19H18N2O5. The molecule has 1 N–H and O–H groups in total. The van der Waals surface area contributed by atoms with Crippen molar-refractivity contribution >= 4 is 34.8 Å². The maximum atomic E-state index is 12.5. The predicted octanol–water partition coefficient (Wildman–Crippen LogP) is 2.30. The second-order valence-corrected chi connectivity index (χ2v) is 5.59. The Kier molecular flexibility index (Phi) is 4.88. The highest BCUT2D eigenvalue weighted by molar-refractivity contribution is 6.16. The van der Waals surface area contributed by atoms with Gasteiger partial charge in [-0.3, -0.25) is 9.59 Å². The first-order valence-electron chi connectivity index (χ1n) is 8.11. The lowest BCUT2D eigenvalue weighted by molar-refractivity contribution is -0.143. The van der Waals surface area contributed by atoms with E-state index in [1.165, 1.54) is 7.11 Å². The third-order valence-electron chi connectivity index (χ3n) is 4.00. The topological polar surface area (TPSA) is 84.9 Å². The highest BCUT2D eigenvalue weighted by Gasteiger charge is 2.35. The minimum atomic E-state index is -0.671. The van der Waals surface area contributed by atoms with Crippen molar-refractivity contribution in [2.45, 2.75) is 6.92 Å². The molecule has 3 rings (SSSR count). The van der Waals surface area contributed by atoms with E-state index in [0.717, 1.165) is 15.7 Å². The fourth-order valence-corrected chi connectivity index (χ4v) is 2.76. The Bertz CT molecular complexity index is 919. The number of hydrogen-bond acceptors (Lipinski definition) is 5. The van der Waals surface area contributed by atoms with Gasteiger partial charge in [0.25, 0.3) is 5.91 Å². The van der Waals surface area contributed by atoms with E-state index < -0.39 is 24.5 Å². The number of esters is 1. The molecule has 26 heavy (non-hydrogen) atoms. The molecule has 7 nitrogen and oxygen atoms in total. The lowest BCUT2D eigenvalue weighted by atomic mass is 10.0. The third kappa shape index (κ3) is 3.23. The Morgan fingerprint density at radius 3 is 2.69 bits per heavy atom. The van der Waals surface area contributed by atoms with Crippen molar-refractivity contribution in [3.8, 4) is 5.75 Å². The number of imide groups is 1. The van der Waals surface area contributed by atoms with E-state index in [1.807, 2.05) is 43.3 Å². The average molecular weight is 354 g/mol. The molecular weight excluding hydrogens is 336 g/mol. The monoisotopic (exact) mass is 354 g/mol. The lowest BCUT2D eigenvalue weighted by Crippen LogP contribution is -2.36. The van der Waals surface area contributed by atoms with Crippen LogP contribution in [0.2, 0.25) is 0 Å². The van der Waals surface area contributed by atoms with Crippen molar-refractivity contribution < 1.29 is 23.9 Å². The number of benzene rings is 2. The van der Waals surface area contributed by atoms with Crippen LogP contribution in [0.25, 0.3) is 16.8 Å². The van der Waals surface area contributed by atoms with Crippen molar-refractivity contribution in [3.63, 3.8) is 0 Å². The van der Waals surface area contributed by atoms with Crippen molar-refractivity contribution in [1.29, 1.82) is 0 Å². The molecule has 0 atom stereocenters. The molecule has 0 aromatic heterocycles. The predicted molar refractivity (Wildman–Crippen MR) is 95.4 cm³/mol. The zero-order chi connectivity index (χ0) is 18.7. The zero-order valence-corrected chi connectivity index (χ0v) is 14.4. The molecule has 7 heteroatoms. The first-order chi connectivity index (χ1) is 12.5. The van der Waals surface area contributed by atoms with Gasteiger partial charge in [-0.05, 0) is 29.8 Å². The van der Waals surface area contributed by atoms with Gasteiger partial charge in [0.2, 0.25) is 0 Å². The summed E-state index contributed by atoms with van der Waals surface area (Å²) in [6.07, 6.45) is 1.57. The van der Waals surface area contributed by atoms with E-state index in [-0.39, 0.29) is 5.70 Å². The number of urea groups is 1. The van der Waals surface area contributed by atoms with Gasteiger partial charge >= 0.3 is 12.0 Å². The summed E-state index contributed by atoms with van der Waals surface area (Å²) in [6, 6.07) is 10.8. The molecule has 1 heterocycles. The van der Waals surface area contributed by atoms with E-state index in [2.05, 4.69) is 10.1 Å². The summed E-state index contributed by atoms with van der Waals surface area (Å²) in [4.78, 5) is 36.7. The molecule has 134 valence electrons. The van der Waals surface area contributed by atoms with Crippen molar-refractivity contribution in [2.75, 3.05) is 20.3 Å². The minimum Gasteiger partial charge on any atom is -0.493 e. The molecule has 1 fully saturated rings. The second kappa shape index (κ2) is 7.26. The Morgan fingerprint density at radius 2 is 1.96 bits per heavy atom. The fraction of sp³-hybridized carbons (Fsp3) is 0.211. The van der Waals surface area contributed by atoms with Gasteiger partial charge in [-0.15, -0.1) is 0 Å². The summed E-state index contributed by atoms with van der Waals surface area (Å²) in [5, 5.41) is 4.37. The largest absolute Gasteiger partial charge is 0.493 e. The van der Waals surface area contributed by atoms with Gasteiger partial charge in [-0.25, -0.2) is 9.69 Å². The highest BCUT2D eigenvalue weighted by atomic mass is 16.5. The number of carbonyl (C=O) groups excluding carboxylic acids is 3. The fourth-order valence-electron chi connectivity index (χ4n) is 2.76. The van der Waals surface area contributed by atoms with Crippen molar-refractivity contribution in [2.24, 2.45) is 0 Å². The van der Waals surface area contributed by atoms with E-state index in [0.29, 0.717) is 17.9 Å². The number of ether oxygens (including phenoxy) is 2. The molecule has 1 saturated heterocycles. The number of carbonyl (C=O) groups is 3. The summed E-state index contributed by atoms with van der Waals surface area (Å²) < 4.78 is 10.2. The maximum absolute atomic E-state index is 12.5. The molecule has 0 unspecified atom stereocenters. The van der Waals surface area contributed by atoms with Gasteiger partial charge in [0.1, 0.15) is 18.0 Å². The van der Waals surface area contributed by atoms with Crippen molar-refractivity contribution in [1.82, 2.24) is 10.2 Å². The van der Waals surface area contributed by atoms with Gasteiger partial charge < -0.3 is 14.8 Å². The van der Waals surface area contributed by atoms with Crippen LogP contribution < -0.4 is 10.1 Å². The number of amides is 3. The van der Waals surface area contributed by atoms with Crippen LogP contribution in [0.5, 0.6) is 5.75 Å². The van der Waals surface area contributed by atoms with E-state index in [9.17, 15) is 14.4 Å². The second-order valence-electron chi connectivity index (χ2n) is 5.59. The van der Waals surface area contributed by atoms with Crippen LogP contribution in [0, 0.1) is 0 Å². The number of nitrogens with one attached hydrogen (secondary N) is 1. The van der Waals surface area contributed by atoms with Crippen LogP contribution in [0.15, 0.2) is 42.1 Å². The smallest absolute Gasteiger partial charge is 0.329 e. The zero-order valence-electron chi connectivity index (χ0n) is 14.4. The molecule has 0 radical (unpaired) electrons. The SMILES string of the molecule is CCOc1ccc2ccccc2c1/C=C1/NC(=O)N(CC(=O)OC)C1=O. The summed E-state index contributed by atoms with van der Waals surface area (Å²) in [5.74, 6) is -0.655. The van der Waals surface area contributed by atoms with Crippen molar-refractivity contribution in [3.05, 3.63) is 47.7 Å². The van der Waals surface area contributed by atoms with Crippen LogP contribution in [0.3, 0.4) is 0 Å². The summed E-state index contributed by atoms with van der Waals surface area (Å²) in [5.41, 5.74) is 0.768. The number of hydrogen-bond donors (Lipinski definition) is 1. The summed E-state index contributed by atoms with van der Waals surface area (Å²) in [7, 11) is 1.20. The molecule has 2 aromatic carbocycles. The van der Waals surface area contributed by atoms with Crippen LogP contribution in [-0.2, 0) is 14.3 Å². The molecule has 0 saturated carbocycles. The Labute approximate surface area is 150 Å². The minimum absolute atomic E-state index is 0.0798. The lowest BCUT2D eigenvalue weighted by Gasteiger charge is -2.11. The van der Waals surface area contributed by atoms with Gasteiger partial charge in [0.15, 0.2) is 0 Å². The number of rotatable bonds is 5. The molecule has 2 aromatic rings. The highest BCUT2D eigenvalue weighted by Crippen LogP contribution is 2.31. The normalized spacial score (nSPS) is 15.5. The maximum Gasteiger partial charge on any atom is 0.329 e. The van der Waals surface area contributed by atoms with Crippen LogP contribution in [0.4, 0.5) is 4.79 Å².